The Morgan fingerprint density at radius 2 is 2.25 bits per heavy atom. The number of nitrogens with one attached hydrogen (secondary N) is 1. The van der Waals surface area contributed by atoms with Gasteiger partial charge in [-0.3, -0.25) is 0 Å². The minimum absolute atomic E-state index is 0.0989. The fourth-order valence-electron chi connectivity index (χ4n) is 0.884. The number of pyridine rings is 1. The third kappa shape index (κ3) is 1.53. The minimum Gasteiger partial charge on any atom is -0.477 e. The summed E-state index contributed by atoms with van der Waals surface area (Å²) in [5, 5.41) is 11.5. The van der Waals surface area contributed by atoms with Gasteiger partial charge in [-0.05, 0) is 18.6 Å². The van der Waals surface area contributed by atoms with Crippen LogP contribution in [0.25, 0.3) is 0 Å². The summed E-state index contributed by atoms with van der Waals surface area (Å²) in [6.07, 6.45) is 0. The Labute approximate surface area is 70.3 Å². The van der Waals surface area contributed by atoms with E-state index in [1.807, 2.05) is 0 Å². The molecule has 1 rings (SSSR count). The van der Waals surface area contributed by atoms with Crippen LogP contribution in [0, 0.1) is 6.92 Å². The van der Waals surface area contributed by atoms with E-state index < -0.39 is 5.97 Å². The second-order valence-corrected chi connectivity index (χ2v) is 2.42. The van der Waals surface area contributed by atoms with Gasteiger partial charge in [0.2, 0.25) is 0 Å². The second kappa shape index (κ2) is 3.21. The van der Waals surface area contributed by atoms with Crippen LogP contribution in [0.3, 0.4) is 0 Å². The van der Waals surface area contributed by atoms with Gasteiger partial charge in [0.15, 0.2) is 5.69 Å². The number of aromatic nitrogens is 1. The number of carboxylic acids is 1. The molecular formula is C8H10N2O2. The number of anilines is 1. The predicted molar refractivity (Wildman–Crippen MR) is 45.5 cm³/mol. The topological polar surface area (TPSA) is 62.2 Å². The summed E-state index contributed by atoms with van der Waals surface area (Å²) in [6.45, 7) is 1.72. The van der Waals surface area contributed by atoms with Crippen LogP contribution in [0.2, 0.25) is 0 Å². The van der Waals surface area contributed by atoms with Crippen LogP contribution in [-0.4, -0.2) is 23.1 Å². The van der Waals surface area contributed by atoms with Gasteiger partial charge < -0.3 is 10.4 Å². The van der Waals surface area contributed by atoms with E-state index in [1.54, 1.807) is 26.1 Å². The molecular weight excluding hydrogens is 156 g/mol. The molecule has 0 bridgehead atoms. The van der Waals surface area contributed by atoms with Crippen molar-refractivity contribution in [2.75, 3.05) is 12.4 Å². The Bertz CT molecular complexity index is 310. The molecule has 4 heteroatoms. The highest BCUT2D eigenvalue weighted by Crippen LogP contribution is 2.09. The molecule has 2 N–H and O–H groups in total. The molecule has 0 radical (unpaired) electrons. The summed E-state index contributed by atoms with van der Waals surface area (Å²) in [5.74, 6) is -0.428. The molecule has 64 valence electrons. The molecule has 0 aliphatic carbocycles. The van der Waals surface area contributed by atoms with Crippen molar-refractivity contribution in [1.82, 2.24) is 4.98 Å². The Balaban J connectivity index is 3.17. The first-order valence-corrected chi connectivity index (χ1v) is 3.54. The maximum Gasteiger partial charge on any atom is 0.354 e. The lowest BCUT2D eigenvalue weighted by Gasteiger charge is -2.02. The normalized spacial score (nSPS) is 9.50. The van der Waals surface area contributed by atoms with E-state index >= 15 is 0 Å². The number of nitrogens with zero attached hydrogens (tertiary/aromatic N) is 1. The summed E-state index contributed by atoms with van der Waals surface area (Å²) in [5.41, 5.74) is 0.767. The molecule has 0 saturated heterocycles. The predicted octanol–water partition coefficient (Wildman–Crippen LogP) is 1.13. The number of carboxylic acid groups (broad SMARTS) is 1. The largest absolute Gasteiger partial charge is 0.477 e. The Kier molecular flexibility index (Phi) is 2.28. The van der Waals surface area contributed by atoms with Crippen LogP contribution in [0.5, 0.6) is 0 Å². The monoisotopic (exact) mass is 166 g/mol. The Hall–Kier alpha value is -1.58. The van der Waals surface area contributed by atoms with Crippen LogP contribution < -0.4 is 5.32 Å². The van der Waals surface area contributed by atoms with Gasteiger partial charge in [0, 0.05) is 7.05 Å². The number of hydrogen-bond acceptors (Lipinski definition) is 3. The zero-order valence-corrected chi connectivity index (χ0v) is 6.96. The van der Waals surface area contributed by atoms with Crippen molar-refractivity contribution in [3.05, 3.63) is 23.4 Å². The lowest BCUT2D eigenvalue weighted by atomic mass is 10.2. The van der Waals surface area contributed by atoms with E-state index in [0.29, 0.717) is 11.4 Å². The number of rotatable bonds is 2. The van der Waals surface area contributed by atoms with Gasteiger partial charge in [0.05, 0.1) is 0 Å². The summed E-state index contributed by atoms with van der Waals surface area (Å²) in [4.78, 5) is 14.5. The molecule has 0 amide bonds. The van der Waals surface area contributed by atoms with Gasteiger partial charge in [-0.1, -0.05) is 6.07 Å². The number of aryl methyl sites for hydroxylation is 1. The van der Waals surface area contributed by atoms with Crippen molar-refractivity contribution in [2.24, 2.45) is 0 Å². The first kappa shape index (κ1) is 8.52. The van der Waals surface area contributed by atoms with Gasteiger partial charge in [0.1, 0.15) is 5.82 Å². The van der Waals surface area contributed by atoms with Crippen molar-refractivity contribution in [3.8, 4) is 0 Å². The minimum atomic E-state index is -0.996. The number of hydrogen-bond donors (Lipinski definition) is 2. The van der Waals surface area contributed by atoms with Crippen molar-refractivity contribution in [1.29, 1.82) is 0 Å². The summed E-state index contributed by atoms with van der Waals surface area (Å²) >= 11 is 0. The van der Waals surface area contributed by atoms with E-state index in [1.165, 1.54) is 0 Å². The Morgan fingerprint density at radius 1 is 1.58 bits per heavy atom. The molecule has 0 aromatic carbocycles. The molecule has 0 unspecified atom stereocenters. The first-order valence-electron chi connectivity index (χ1n) is 3.54. The van der Waals surface area contributed by atoms with E-state index in [0.717, 1.165) is 0 Å². The lowest BCUT2D eigenvalue weighted by Crippen LogP contribution is -2.05. The molecule has 0 aliphatic rings. The second-order valence-electron chi connectivity index (χ2n) is 2.42. The van der Waals surface area contributed by atoms with Crippen molar-refractivity contribution < 1.29 is 9.90 Å². The smallest absolute Gasteiger partial charge is 0.354 e. The molecule has 12 heavy (non-hydrogen) atoms. The fraction of sp³-hybridized carbons (Fsp3) is 0.250. The average Bonchev–Trinajstić information content (AvgIpc) is 2.05. The maximum absolute atomic E-state index is 10.6. The van der Waals surface area contributed by atoms with Gasteiger partial charge in [-0.15, -0.1) is 0 Å². The Morgan fingerprint density at radius 3 is 2.75 bits per heavy atom. The molecule has 0 spiro atoms. The summed E-state index contributed by atoms with van der Waals surface area (Å²) in [6, 6.07) is 3.46. The molecule has 0 saturated carbocycles. The molecule has 0 atom stereocenters. The van der Waals surface area contributed by atoms with E-state index in [-0.39, 0.29) is 5.69 Å². The molecule has 1 aromatic heterocycles. The van der Waals surface area contributed by atoms with Gasteiger partial charge in [0.25, 0.3) is 0 Å². The highest BCUT2D eigenvalue weighted by Gasteiger charge is 2.08. The molecule has 0 fully saturated rings. The molecule has 0 aliphatic heterocycles. The van der Waals surface area contributed by atoms with E-state index in [2.05, 4.69) is 10.3 Å². The highest BCUT2D eigenvalue weighted by molar-refractivity contribution is 5.87. The standard InChI is InChI=1S/C8H10N2O2/c1-5-3-4-6(9-2)10-7(5)8(11)12/h3-4H,1-2H3,(H,9,10)(H,11,12). The van der Waals surface area contributed by atoms with Crippen LogP contribution in [0.4, 0.5) is 5.82 Å². The summed E-state index contributed by atoms with van der Waals surface area (Å²) in [7, 11) is 1.70. The van der Waals surface area contributed by atoms with E-state index in [9.17, 15) is 4.79 Å². The molecule has 4 nitrogen and oxygen atoms in total. The number of carbonyl (C=O) groups is 1. The molecule has 1 heterocycles. The lowest BCUT2D eigenvalue weighted by molar-refractivity contribution is 0.0690. The van der Waals surface area contributed by atoms with Gasteiger partial charge >= 0.3 is 5.97 Å². The highest BCUT2D eigenvalue weighted by atomic mass is 16.4. The quantitative estimate of drug-likeness (QED) is 0.691. The first-order chi connectivity index (χ1) is 5.65. The SMILES string of the molecule is CNc1ccc(C)c(C(=O)O)n1. The molecule has 1 aromatic rings. The number of aromatic carboxylic acids is 1. The van der Waals surface area contributed by atoms with E-state index in [4.69, 9.17) is 5.11 Å². The zero-order chi connectivity index (χ0) is 9.14. The fourth-order valence-corrected chi connectivity index (χ4v) is 0.884. The van der Waals surface area contributed by atoms with Crippen molar-refractivity contribution in [2.45, 2.75) is 6.92 Å². The summed E-state index contributed by atoms with van der Waals surface area (Å²) < 4.78 is 0. The van der Waals surface area contributed by atoms with Gasteiger partial charge in [-0.2, -0.15) is 0 Å². The van der Waals surface area contributed by atoms with Crippen molar-refractivity contribution in [3.63, 3.8) is 0 Å². The maximum atomic E-state index is 10.6. The average molecular weight is 166 g/mol. The van der Waals surface area contributed by atoms with Crippen LogP contribution in [0.1, 0.15) is 16.1 Å². The van der Waals surface area contributed by atoms with Crippen LogP contribution >= 0.6 is 0 Å². The van der Waals surface area contributed by atoms with Crippen LogP contribution in [-0.2, 0) is 0 Å². The third-order valence-electron chi connectivity index (χ3n) is 1.56. The van der Waals surface area contributed by atoms with Gasteiger partial charge in [-0.25, -0.2) is 9.78 Å². The van der Waals surface area contributed by atoms with Crippen molar-refractivity contribution >= 4 is 11.8 Å². The van der Waals surface area contributed by atoms with Crippen LogP contribution in [0.15, 0.2) is 12.1 Å². The third-order valence-corrected chi connectivity index (χ3v) is 1.56. The zero-order valence-electron chi connectivity index (χ0n) is 6.96.